The number of rotatable bonds is 2. The minimum atomic E-state index is 0.938. The third-order valence-electron chi connectivity index (χ3n) is 1.77. The zero-order valence-electron chi connectivity index (χ0n) is 7.85. The minimum Gasteiger partial charge on any atom is -0.464 e. The molecule has 66 valence electrons. The van der Waals surface area contributed by atoms with Crippen molar-refractivity contribution in [3.05, 3.63) is 22.5 Å². The average molecular weight is 165 g/mol. The van der Waals surface area contributed by atoms with E-state index < -0.39 is 0 Å². The average Bonchev–Trinajstić information content (AvgIpc) is 2.43. The molecule has 2 nitrogen and oxygen atoms in total. The second-order valence-electron chi connectivity index (χ2n) is 2.69. The van der Waals surface area contributed by atoms with Gasteiger partial charge >= 0.3 is 0 Å². The topological polar surface area (TPSA) is 25.2 Å². The van der Waals surface area contributed by atoms with Crippen molar-refractivity contribution in [2.45, 2.75) is 20.8 Å². The number of hydrogen-bond acceptors (Lipinski definition) is 2. The van der Waals surface area contributed by atoms with Crippen molar-refractivity contribution < 1.29 is 4.42 Å². The van der Waals surface area contributed by atoms with Crippen molar-refractivity contribution in [2.24, 2.45) is 0 Å². The fourth-order valence-corrected chi connectivity index (χ4v) is 1.09. The summed E-state index contributed by atoms with van der Waals surface area (Å²) in [6.45, 7) is 7.02. The van der Waals surface area contributed by atoms with Crippen LogP contribution in [0.3, 0.4) is 0 Å². The molecule has 0 aliphatic rings. The highest BCUT2D eigenvalue weighted by atomic mass is 16.3. The SMILES string of the molecule is C/C=c1/occ(C)/c1=C/NCC. The highest BCUT2D eigenvalue weighted by Crippen LogP contribution is 1.82. The zero-order chi connectivity index (χ0) is 8.97. The first-order chi connectivity index (χ1) is 5.79. The smallest absolute Gasteiger partial charge is 0.131 e. The summed E-state index contributed by atoms with van der Waals surface area (Å²) in [5.41, 5.74) is 2.11. The van der Waals surface area contributed by atoms with Crippen LogP contribution in [0.1, 0.15) is 19.4 Å². The van der Waals surface area contributed by atoms with Crippen LogP contribution in [0, 0.1) is 6.92 Å². The van der Waals surface area contributed by atoms with Crippen LogP contribution in [0.2, 0.25) is 0 Å². The van der Waals surface area contributed by atoms with E-state index in [0.29, 0.717) is 0 Å². The summed E-state index contributed by atoms with van der Waals surface area (Å²) in [5.74, 6) is 0. The summed E-state index contributed by atoms with van der Waals surface area (Å²) in [5, 5.41) is 4.31. The van der Waals surface area contributed by atoms with Crippen LogP contribution in [0.4, 0.5) is 0 Å². The molecule has 0 aromatic carbocycles. The zero-order valence-corrected chi connectivity index (χ0v) is 7.85. The van der Waals surface area contributed by atoms with Crippen LogP contribution < -0.4 is 16.0 Å². The number of aryl methyl sites for hydroxylation is 1. The molecule has 0 aliphatic carbocycles. The number of nitrogens with one attached hydrogen (secondary N) is 1. The molecule has 0 bridgehead atoms. The van der Waals surface area contributed by atoms with Crippen LogP contribution in [-0.2, 0) is 0 Å². The highest BCUT2D eigenvalue weighted by Gasteiger charge is 1.92. The Morgan fingerprint density at radius 2 is 2.33 bits per heavy atom. The fourth-order valence-electron chi connectivity index (χ4n) is 1.09. The lowest BCUT2D eigenvalue weighted by Gasteiger charge is -1.89. The lowest BCUT2D eigenvalue weighted by molar-refractivity contribution is 0.529. The second kappa shape index (κ2) is 4.00. The third kappa shape index (κ3) is 1.70. The van der Waals surface area contributed by atoms with Gasteiger partial charge in [0.1, 0.15) is 5.42 Å². The van der Waals surface area contributed by atoms with Gasteiger partial charge in [-0.25, -0.2) is 0 Å². The maximum atomic E-state index is 5.31. The van der Waals surface area contributed by atoms with Crippen LogP contribution in [0.15, 0.2) is 10.7 Å². The minimum absolute atomic E-state index is 0.938. The van der Waals surface area contributed by atoms with Gasteiger partial charge in [-0.05, 0) is 32.4 Å². The molecule has 0 fully saturated rings. The molecule has 1 rings (SSSR count). The van der Waals surface area contributed by atoms with Crippen LogP contribution in [-0.4, -0.2) is 6.54 Å². The largest absolute Gasteiger partial charge is 0.464 e. The van der Waals surface area contributed by atoms with Gasteiger partial charge in [-0.1, -0.05) is 0 Å². The Bertz CT molecular complexity index is 348. The molecule has 0 saturated carbocycles. The molecule has 12 heavy (non-hydrogen) atoms. The van der Waals surface area contributed by atoms with Crippen LogP contribution in [0.5, 0.6) is 0 Å². The van der Waals surface area contributed by atoms with Crippen molar-refractivity contribution in [1.29, 1.82) is 0 Å². The Morgan fingerprint density at radius 3 is 2.92 bits per heavy atom. The normalized spacial score (nSPS) is 13.9. The van der Waals surface area contributed by atoms with E-state index in [0.717, 1.165) is 17.2 Å². The molecule has 1 N–H and O–H groups in total. The summed E-state index contributed by atoms with van der Waals surface area (Å²) >= 11 is 0. The van der Waals surface area contributed by atoms with Crippen LogP contribution >= 0.6 is 0 Å². The maximum Gasteiger partial charge on any atom is 0.131 e. The highest BCUT2D eigenvalue weighted by molar-refractivity contribution is 5.28. The molecular formula is C10H15NO. The molecule has 0 spiro atoms. The van der Waals surface area contributed by atoms with E-state index in [1.165, 1.54) is 5.56 Å². The second-order valence-corrected chi connectivity index (χ2v) is 2.69. The summed E-state index contributed by atoms with van der Waals surface area (Å²) in [6, 6.07) is 0. The standard InChI is InChI=1S/C10H15NO/c1-4-10-9(6-11-5-2)8(3)7-12-10/h4,6-7,11H,5H2,1-3H3/b9-6-,10-4+. The maximum absolute atomic E-state index is 5.31. The molecule has 0 saturated heterocycles. The van der Waals surface area contributed by atoms with Crippen molar-refractivity contribution in [3.8, 4) is 0 Å². The molecule has 0 amide bonds. The predicted molar refractivity (Wildman–Crippen MR) is 51.0 cm³/mol. The number of furan rings is 1. The molecule has 1 aromatic rings. The van der Waals surface area contributed by atoms with E-state index in [1.807, 2.05) is 26.1 Å². The van der Waals surface area contributed by atoms with Crippen molar-refractivity contribution in [2.75, 3.05) is 6.54 Å². The summed E-state index contributed by atoms with van der Waals surface area (Å²) in [4.78, 5) is 0. The quantitative estimate of drug-likeness (QED) is 0.699. The lowest BCUT2D eigenvalue weighted by atomic mass is 10.3. The summed E-state index contributed by atoms with van der Waals surface area (Å²) in [7, 11) is 0. The molecule has 0 radical (unpaired) electrons. The van der Waals surface area contributed by atoms with Crippen molar-refractivity contribution >= 4 is 12.3 Å². The Labute approximate surface area is 72.6 Å². The Hall–Kier alpha value is -1.18. The van der Waals surface area contributed by atoms with E-state index in [9.17, 15) is 0 Å². The molecule has 1 aromatic heterocycles. The molecule has 0 unspecified atom stereocenters. The van der Waals surface area contributed by atoms with Crippen molar-refractivity contribution in [3.63, 3.8) is 0 Å². The summed E-state index contributed by atoms with van der Waals surface area (Å²) < 4.78 is 5.31. The first kappa shape index (κ1) is 8.91. The molecule has 1 heterocycles. The Kier molecular flexibility index (Phi) is 2.97. The predicted octanol–water partition coefficient (Wildman–Crippen LogP) is 0.736. The van der Waals surface area contributed by atoms with Gasteiger partial charge in [0.05, 0.1) is 6.26 Å². The van der Waals surface area contributed by atoms with Gasteiger partial charge in [0.2, 0.25) is 0 Å². The lowest BCUT2D eigenvalue weighted by Crippen LogP contribution is -2.25. The van der Waals surface area contributed by atoms with Gasteiger partial charge in [-0.15, -0.1) is 0 Å². The van der Waals surface area contributed by atoms with Gasteiger partial charge in [0.15, 0.2) is 0 Å². The summed E-state index contributed by atoms with van der Waals surface area (Å²) in [6.07, 6.45) is 5.74. The molecule has 0 aliphatic heterocycles. The van der Waals surface area contributed by atoms with E-state index in [-0.39, 0.29) is 0 Å². The molecule has 0 atom stereocenters. The van der Waals surface area contributed by atoms with E-state index in [4.69, 9.17) is 4.42 Å². The van der Waals surface area contributed by atoms with E-state index in [1.54, 1.807) is 6.26 Å². The van der Waals surface area contributed by atoms with Gasteiger partial charge in [0.25, 0.3) is 0 Å². The first-order valence-electron chi connectivity index (χ1n) is 4.23. The van der Waals surface area contributed by atoms with E-state index >= 15 is 0 Å². The van der Waals surface area contributed by atoms with Crippen LogP contribution in [0.25, 0.3) is 12.3 Å². The van der Waals surface area contributed by atoms with Gasteiger partial charge < -0.3 is 9.73 Å². The van der Waals surface area contributed by atoms with Gasteiger partial charge in [-0.2, -0.15) is 0 Å². The number of hydrogen-bond donors (Lipinski definition) is 1. The third-order valence-corrected chi connectivity index (χ3v) is 1.77. The Balaban J connectivity index is 3.20. The first-order valence-corrected chi connectivity index (χ1v) is 4.23. The van der Waals surface area contributed by atoms with Gasteiger partial charge in [0, 0.05) is 18.0 Å². The molecule has 2 heteroatoms. The van der Waals surface area contributed by atoms with E-state index in [2.05, 4.69) is 12.2 Å². The Morgan fingerprint density at radius 1 is 1.58 bits per heavy atom. The fraction of sp³-hybridized carbons (Fsp3) is 0.400. The monoisotopic (exact) mass is 165 g/mol. The van der Waals surface area contributed by atoms with Crippen molar-refractivity contribution in [1.82, 2.24) is 5.32 Å². The molecular weight excluding hydrogens is 150 g/mol. The van der Waals surface area contributed by atoms with Gasteiger partial charge in [-0.3, -0.25) is 0 Å².